The molecule has 6 nitrogen and oxygen atoms in total. The van der Waals surface area contributed by atoms with E-state index in [1.54, 1.807) is 6.92 Å². The first-order valence-electron chi connectivity index (χ1n) is 7.37. The number of halogens is 3. The Hall–Kier alpha value is -3.36. The van der Waals surface area contributed by atoms with Crippen LogP contribution in [0.4, 0.5) is 24.5 Å². The number of benzene rings is 2. The highest BCUT2D eigenvalue weighted by Crippen LogP contribution is 2.20. The molecule has 0 fully saturated rings. The van der Waals surface area contributed by atoms with Crippen LogP contribution in [-0.4, -0.2) is 24.4 Å². The normalized spacial score (nSPS) is 10.2. The smallest absolute Gasteiger partial charge is 0.340 e. The molecular weight excluding hydrogens is 353 g/mol. The van der Waals surface area contributed by atoms with Gasteiger partial charge in [-0.25, -0.2) is 18.0 Å². The van der Waals surface area contributed by atoms with Crippen molar-refractivity contribution in [3.8, 4) is 0 Å². The average molecular weight is 366 g/mol. The van der Waals surface area contributed by atoms with Crippen molar-refractivity contribution in [3.63, 3.8) is 0 Å². The molecule has 0 aliphatic rings. The molecule has 9 heteroatoms. The molecule has 2 aromatic rings. The highest BCUT2D eigenvalue weighted by atomic mass is 19.2. The number of carbonyl (C=O) groups is 3. The third kappa shape index (κ3) is 4.18. The molecule has 2 aromatic carbocycles. The molecule has 0 heterocycles. The maximum atomic E-state index is 13.5. The SMILES string of the molecule is CCOC(=O)c1ccccc1NC(=O)C(=O)Nc1ccc(F)c(F)c1F. The zero-order valence-electron chi connectivity index (χ0n) is 13.4. The second-order valence-corrected chi connectivity index (χ2v) is 4.90. The fraction of sp³-hybridized carbons (Fsp3) is 0.118. The van der Waals surface area contributed by atoms with E-state index in [9.17, 15) is 27.6 Å². The van der Waals surface area contributed by atoms with Gasteiger partial charge in [0.05, 0.1) is 23.5 Å². The van der Waals surface area contributed by atoms with Gasteiger partial charge in [-0.05, 0) is 31.2 Å². The zero-order valence-corrected chi connectivity index (χ0v) is 13.4. The van der Waals surface area contributed by atoms with Crippen LogP contribution in [0, 0.1) is 17.5 Å². The molecule has 0 aromatic heterocycles. The summed E-state index contributed by atoms with van der Waals surface area (Å²) in [7, 11) is 0. The number of carbonyl (C=O) groups excluding carboxylic acids is 3. The predicted octanol–water partition coefficient (Wildman–Crippen LogP) is 2.86. The summed E-state index contributed by atoms with van der Waals surface area (Å²) in [5.41, 5.74) is -0.700. The van der Waals surface area contributed by atoms with Crippen LogP contribution in [0.25, 0.3) is 0 Å². The first-order chi connectivity index (χ1) is 12.3. The topological polar surface area (TPSA) is 84.5 Å². The van der Waals surface area contributed by atoms with Crippen molar-refractivity contribution in [1.29, 1.82) is 0 Å². The van der Waals surface area contributed by atoms with Crippen molar-refractivity contribution in [2.24, 2.45) is 0 Å². The Balaban J connectivity index is 2.15. The monoisotopic (exact) mass is 366 g/mol. The number of anilines is 2. The Morgan fingerprint density at radius 3 is 2.15 bits per heavy atom. The van der Waals surface area contributed by atoms with Crippen LogP contribution in [0.15, 0.2) is 36.4 Å². The van der Waals surface area contributed by atoms with Gasteiger partial charge < -0.3 is 15.4 Å². The van der Waals surface area contributed by atoms with Crippen LogP contribution in [0.2, 0.25) is 0 Å². The Labute approximate surface area is 146 Å². The van der Waals surface area contributed by atoms with Gasteiger partial charge >= 0.3 is 17.8 Å². The number of ether oxygens (including phenoxy) is 1. The standard InChI is InChI=1S/C17H13F3N2O4/c1-2-26-17(25)9-5-3-4-6-11(9)21-15(23)16(24)22-12-8-7-10(18)13(19)14(12)20/h3-8H,2H2,1H3,(H,21,23)(H,22,24). The fourth-order valence-electron chi connectivity index (χ4n) is 1.96. The van der Waals surface area contributed by atoms with E-state index >= 15 is 0 Å². The molecule has 0 bridgehead atoms. The number of amides is 2. The number of rotatable bonds is 4. The molecule has 26 heavy (non-hydrogen) atoms. The maximum Gasteiger partial charge on any atom is 0.340 e. The van der Waals surface area contributed by atoms with Gasteiger partial charge in [0, 0.05) is 0 Å². The van der Waals surface area contributed by atoms with E-state index in [-0.39, 0.29) is 17.9 Å². The summed E-state index contributed by atoms with van der Waals surface area (Å²) in [6, 6.07) is 7.13. The summed E-state index contributed by atoms with van der Waals surface area (Å²) in [5, 5.41) is 4.00. The molecule has 2 N–H and O–H groups in total. The lowest BCUT2D eigenvalue weighted by Gasteiger charge is -2.11. The van der Waals surface area contributed by atoms with Gasteiger partial charge in [-0.3, -0.25) is 9.59 Å². The summed E-state index contributed by atoms with van der Waals surface area (Å²) in [4.78, 5) is 35.6. The summed E-state index contributed by atoms with van der Waals surface area (Å²) in [5.74, 6) is -8.16. The van der Waals surface area contributed by atoms with Crippen molar-refractivity contribution in [1.82, 2.24) is 0 Å². The van der Waals surface area contributed by atoms with Crippen molar-refractivity contribution < 1.29 is 32.3 Å². The highest BCUT2D eigenvalue weighted by Gasteiger charge is 2.21. The molecule has 0 saturated carbocycles. The van der Waals surface area contributed by atoms with Crippen LogP contribution in [0.3, 0.4) is 0 Å². The third-order valence-electron chi connectivity index (χ3n) is 3.16. The van der Waals surface area contributed by atoms with E-state index in [0.29, 0.717) is 6.07 Å². The molecular formula is C17H13F3N2O4. The van der Waals surface area contributed by atoms with Crippen molar-refractivity contribution in [3.05, 3.63) is 59.4 Å². The summed E-state index contributed by atoms with van der Waals surface area (Å²) in [6.45, 7) is 1.71. The predicted molar refractivity (Wildman–Crippen MR) is 86.0 cm³/mol. The molecule has 0 unspecified atom stereocenters. The van der Waals surface area contributed by atoms with Crippen LogP contribution in [0.1, 0.15) is 17.3 Å². The average Bonchev–Trinajstić information content (AvgIpc) is 2.62. The van der Waals surface area contributed by atoms with E-state index in [1.165, 1.54) is 24.3 Å². The van der Waals surface area contributed by atoms with Crippen LogP contribution < -0.4 is 10.6 Å². The molecule has 0 spiro atoms. The molecule has 0 atom stereocenters. The van der Waals surface area contributed by atoms with Gasteiger partial charge in [0.2, 0.25) is 0 Å². The van der Waals surface area contributed by atoms with E-state index < -0.39 is 40.9 Å². The summed E-state index contributed by atoms with van der Waals surface area (Å²) in [6.07, 6.45) is 0. The fourth-order valence-corrected chi connectivity index (χ4v) is 1.96. The third-order valence-corrected chi connectivity index (χ3v) is 3.16. The zero-order chi connectivity index (χ0) is 19.3. The number of hydrogen-bond acceptors (Lipinski definition) is 4. The molecule has 0 radical (unpaired) electrons. The van der Waals surface area contributed by atoms with Gasteiger partial charge in [-0.2, -0.15) is 0 Å². The summed E-state index contributed by atoms with van der Waals surface area (Å²) >= 11 is 0. The van der Waals surface area contributed by atoms with E-state index in [2.05, 4.69) is 5.32 Å². The van der Waals surface area contributed by atoms with Gasteiger partial charge in [0.25, 0.3) is 0 Å². The molecule has 0 aliphatic carbocycles. The summed E-state index contributed by atoms with van der Waals surface area (Å²) < 4.78 is 44.4. The minimum atomic E-state index is -1.78. The maximum absolute atomic E-state index is 13.5. The number of para-hydroxylation sites is 1. The lowest BCUT2D eigenvalue weighted by Crippen LogP contribution is -2.30. The highest BCUT2D eigenvalue weighted by molar-refractivity contribution is 6.44. The molecule has 136 valence electrons. The van der Waals surface area contributed by atoms with E-state index in [1.807, 2.05) is 5.32 Å². The second kappa shape index (κ2) is 8.15. The van der Waals surface area contributed by atoms with Crippen LogP contribution in [0.5, 0.6) is 0 Å². The molecule has 0 saturated heterocycles. The van der Waals surface area contributed by atoms with Crippen LogP contribution in [-0.2, 0) is 14.3 Å². The van der Waals surface area contributed by atoms with Gasteiger partial charge in [0.1, 0.15) is 0 Å². The number of esters is 1. The largest absolute Gasteiger partial charge is 0.462 e. The molecule has 0 aliphatic heterocycles. The Morgan fingerprint density at radius 1 is 0.885 bits per heavy atom. The Kier molecular flexibility index (Phi) is 5.94. The van der Waals surface area contributed by atoms with Gasteiger partial charge in [-0.15, -0.1) is 0 Å². The number of nitrogens with one attached hydrogen (secondary N) is 2. The quantitative estimate of drug-likeness (QED) is 0.495. The van der Waals surface area contributed by atoms with Gasteiger partial charge in [0.15, 0.2) is 17.5 Å². The number of hydrogen-bond donors (Lipinski definition) is 2. The van der Waals surface area contributed by atoms with Crippen molar-refractivity contribution >= 4 is 29.2 Å². The van der Waals surface area contributed by atoms with E-state index in [4.69, 9.17) is 4.74 Å². The van der Waals surface area contributed by atoms with E-state index in [0.717, 1.165) is 6.07 Å². The second-order valence-electron chi connectivity index (χ2n) is 4.90. The minimum Gasteiger partial charge on any atom is -0.462 e. The Bertz CT molecular complexity index is 871. The van der Waals surface area contributed by atoms with Crippen molar-refractivity contribution in [2.45, 2.75) is 6.92 Å². The lowest BCUT2D eigenvalue weighted by molar-refractivity contribution is -0.133. The molecule has 2 amide bonds. The first kappa shape index (κ1) is 19.0. The minimum absolute atomic E-state index is 0.00291. The van der Waals surface area contributed by atoms with Gasteiger partial charge in [-0.1, -0.05) is 12.1 Å². The van der Waals surface area contributed by atoms with Crippen molar-refractivity contribution in [2.75, 3.05) is 17.2 Å². The Morgan fingerprint density at radius 2 is 1.50 bits per heavy atom. The lowest BCUT2D eigenvalue weighted by atomic mass is 10.2. The molecule has 2 rings (SSSR count). The first-order valence-corrected chi connectivity index (χ1v) is 7.37. The van der Waals surface area contributed by atoms with Crippen LogP contribution >= 0.6 is 0 Å².